The monoisotopic (exact) mass is 354 g/mol. The number of hydrogen-bond donors (Lipinski definition) is 3. The van der Waals surface area contributed by atoms with E-state index in [1.54, 1.807) is 12.1 Å². The van der Waals surface area contributed by atoms with Crippen LogP contribution in [0.2, 0.25) is 0 Å². The van der Waals surface area contributed by atoms with E-state index >= 15 is 0 Å². The number of aliphatic carboxylic acids is 1. The molecule has 8 heteroatoms. The summed E-state index contributed by atoms with van der Waals surface area (Å²) in [7, 11) is 0. The van der Waals surface area contributed by atoms with Crippen molar-refractivity contribution in [2.45, 2.75) is 31.8 Å². The third-order valence-electron chi connectivity index (χ3n) is 4.45. The average Bonchev–Trinajstić information content (AvgIpc) is 2.62. The highest BCUT2D eigenvalue weighted by Gasteiger charge is 2.28. The van der Waals surface area contributed by atoms with E-state index in [1.165, 1.54) is 0 Å². The Labute approximate surface area is 151 Å². The zero-order valence-corrected chi connectivity index (χ0v) is 14.4. The molecule has 2 aromatic rings. The zero-order valence-electron chi connectivity index (χ0n) is 14.4. The molecule has 1 unspecified atom stereocenters. The number of aromatic nitrogens is 1. The molecule has 1 aliphatic heterocycles. The molecule has 1 fully saturated rings. The third-order valence-corrected chi connectivity index (χ3v) is 4.45. The molecule has 26 heavy (non-hydrogen) atoms. The molecule has 0 bridgehead atoms. The van der Waals surface area contributed by atoms with Gasteiger partial charge in [0.05, 0.1) is 5.69 Å². The Balaban J connectivity index is 1.81. The second kappa shape index (κ2) is 7.92. The zero-order chi connectivity index (χ0) is 18.5. The maximum Gasteiger partial charge on any atom is 0.320 e. The van der Waals surface area contributed by atoms with Gasteiger partial charge in [-0.2, -0.15) is 5.11 Å². The molecule has 8 nitrogen and oxygen atoms in total. The van der Waals surface area contributed by atoms with Gasteiger partial charge in [-0.25, -0.2) is 4.98 Å². The highest BCUT2D eigenvalue weighted by atomic mass is 16.4. The summed E-state index contributed by atoms with van der Waals surface area (Å²) < 4.78 is 0. The fourth-order valence-corrected chi connectivity index (χ4v) is 3.10. The summed E-state index contributed by atoms with van der Waals surface area (Å²) in [5.41, 5.74) is 13.4. The Hall–Kier alpha value is -3.00. The Morgan fingerprint density at radius 1 is 1.15 bits per heavy atom. The fraction of sp³-hybridized carbons (Fsp3) is 0.333. The molecule has 2 heterocycles. The topological polar surface area (TPSA) is 130 Å². The van der Waals surface area contributed by atoms with Gasteiger partial charge >= 0.3 is 5.97 Å². The number of azo groups is 1. The lowest BCUT2D eigenvalue weighted by molar-refractivity contribution is -0.144. The first-order valence-corrected chi connectivity index (χ1v) is 8.53. The van der Waals surface area contributed by atoms with Crippen molar-refractivity contribution in [3.63, 3.8) is 0 Å². The van der Waals surface area contributed by atoms with Crippen molar-refractivity contribution in [1.82, 2.24) is 9.88 Å². The lowest BCUT2D eigenvalue weighted by atomic mass is 10.0. The number of benzene rings is 1. The van der Waals surface area contributed by atoms with Gasteiger partial charge in [-0.3, -0.25) is 9.69 Å². The van der Waals surface area contributed by atoms with Crippen molar-refractivity contribution in [3.8, 4) is 0 Å². The van der Waals surface area contributed by atoms with Gasteiger partial charge in [0.25, 0.3) is 0 Å². The van der Waals surface area contributed by atoms with Crippen LogP contribution in [0.5, 0.6) is 0 Å². The number of carboxylic acids is 1. The molecule has 1 aromatic carbocycles. The Bertz CT molecular complexity index is 823. The van der Waals surface area contributed by atoms with Gasteiger partial charge in [0.1, 0.15) is 17.5 Å². The molecule has 0 spiro atoms. The molecule has 1 atom stereocenters. The van der Waals surface area contributed by atoms with Crippen LogP contribution in [-0.4, -0.2) is 33.5 Å². The fourth-order valence-electron chi connectivity index (χ4n) is 3.10. The van der Waals surface area contributed by atoms with E-state index in [4.69, 9.17) is 11.5 Å². The summed E-state index contributed by atoms with van der Waals surface area (Å²) in [5, 5.41) is 17.9. The van der Waals surface area contributed by atoms with E-state index in [9.17, 15) is 9.90 Å². The molecule has 136 valence electrons. The van der Waals surface area contributed by atoms with Gasteiger partial charge in [-0.15, -0.1) is 5.11 Å². The van der Waals surface area contributed by atoms with E-state index in [-0.39, 0.29) is 5.82 Å². The molecule has 3 rings (SSSR count). The van der Waals surface area contributed by atoms with Crippen molar-refractivity contribution in [3.05, 3.63) is 42.0 Å². The number of nitrogens with zero attached hydrogens (tertiary/aromatic N) is 4. The Kier molecular flexibility index (Phi) is 5.43. The SMILES string of the molecule is Nc1ccc(/N=N/c2ccccc2CN2CCCCC2C(=O)O)c(N)n1. The number of nitrogen functional groups attached to an aromatic ring is 2. The van der Waals surface area contributed by atoms with Crippen LogP contribution in [0.3, 0.4) is 0 Å². The lowest BCUT2D eigenvalue weighted by Gasteiger charge is -2.33. The summed E-state index contributed by atoms with van der Waals surface area (Å²) in [6.07, 6.45) is 2.62. The van der Waals surface area contributed by atoms with E-state index in [0.29, 0.717) is 30.2 Å². The number of anilines is 2. The smallest absolute Gasteiger partial charge is 0.320 e. The number of pyridine rings is 1. The van der Waals surface area contributed by atoms with Gasteiger partial charge in [0.2, 0.25) is 0 Å². The van der Waals surface area contributed by atoms with Crippen molar-refractivity contribution in [1.29, 1.82) is 0 Å². The van der Waals surface area contributed by atoms with E-state index in [0.717, 1.165) is 24.9 Å². The van der Waals surface area contributed by atoms with Crippen molar-refractivity contribution < 1.29 is 9.90 Å². The number of rotatable bonds is 5. The van der Waals surface area contributed by atoms with Gasteiger partial charge < -0.3 is 16.6 Å². The highest BCUT2D eigenvalue weighted by molar-refractivity contribution is 5.73. The maximum atomic E-state index is 11.5. The van der Waals surface area contributed by atoms with Crippen molar-refractivity contribution >= 4 is 29.0 Å². The molecule has 1 aliphatic rings. The quantitative estimate of drug-likeness (QED) is 0.707. The molecule has 1 saturated heterocycles. The van der Waals surface area contributed by atoms with E-state index in [1.807, 2.05) is 29.2 Å². The molecule has 0 saturated carbocycles. The predicted molar refractivity (Wildman–Crippen MR) is 99.4 cm³/mol. The van der Waals surface area contributed by atoms with Crippen molar-refractivity contribution in [2.24, 2.45) is 10.2 Å². The lowest BCUT2D eigenvalue weighted by Crippen LogP contribution is -2.44. The van der Waals surface area contributed by atoms with Crippen molar-refractivity contribution in [2.75, 3.05) is 18.0 Å². The van der Waals surface area contributed by atoms with Crippen LogP contribution in [0.25, 0.3) is 0 Å². The van der Waals surface area contributed by atoms with Gasteiger partial charge in [0, 0.05) is 6.54 Å². The van der Waals surface area contributed by atoms with Gasteiger partial charge in [0.15, 0.2) is 5.82 Å². The minimum absolute atomic E-state index is 0.216. The summed E-state index contributed by atoms with van der Waals surface area (Å²) in [6, 6.07) is 10.4. The third kappa shape index (κ3) is 4.15. The van der Waals surface area contributed by atoms with Crippen LogP contribution in [0.15, 0.2) is 46.6 Å². The molecular weight excluding hydrogens is 332 g/mol. The largest absolute Gasteiger partial charge is 0.480 e. The normalized spacial score (nSPS) is 18.2. The standard InChI is InChI=1S/C18H22N6O2/c19-16-9-8-14(17(20)21-16)23-22-13-6-2-1-5-12(13)11-24-10-4-3-7-15(24)18(25)26/h1-2,5-6,8-9,15H,3-4,7,10-11H2,(H,25,26)(H4,19,20,21)/b23-22+. The number of likely N-dealkylation sites (tertiary alicyclic amines) is 1. The second-order valence-electron chi connectivity index (χ2n) is 6.29. The second-order valence-corrected chi connectivity index (χ2v) is 6.29. The highest BCUT2D eigenvalue weighted by Crippen LogP contribution is 2.28. The summed E-state index contributed by atoms with van der Waals surface area (Å²) in [5.74, 6) is -0.232. The summed E-state index contributed by atoms with van der Waals surface area (Å²) in [6.45, 7) is 1.28. The van der Waals surface area contributed by atoms with E-state index < -0.39 is 12.0 Å². The van der Waals surface area contributed by atoms with Crippen LogP contribution in [-0.2, 0) is 11.3 Å². The number of hydrogen-bond acceptors (Lipinski definition) is 7. The first-order chi connectivity index (χ1) is 12.5. The first kappa shape index (κ1) is 17.8. The maximum absolute atomic E-state index is 11.5. The number of piperidine rings is 1. The molecule has 1 aromatic heterocycles. The summed E-state index contributed by atoms with van der Waals surface area (Å²) in [4.78, 5) is 17.4. The van der Waals surface area contributed by atoms with Gasteiger partial charge in [-0.05, 0) is 43.1 Å². The molecular formula is C18H22N6O2. The van der Waals surface area contributed by atoms with Crippen LogP contribution in [0.4, 0.5) is 23.0 Å². The van der Waals surface area contributed by atoms with E-state index in [2.05, 4.69) is 15.2 Å². The van der Waals surface area contributed by atoms with Crippen LogP contribution >= 0.6 is 0 Å². The number of carbonyl (C=O) groups is 1. The minimum atomic E-state index is -0.774. The predicted octanol–water partition coefficient (Wildman–Crippen LogP) is 3.10. The molecule has 0 amide bonds. The first-order valence-electron chi connectivity index (χ1n) is 8.53. The minimum Gasteiger partial charge on any atom is -0.480 e. The molecule has 0 radical (unpaired) electrons. The van der Waals surface area contributed by atoms with Crippen LogP contribution in [0, 0.1) is 0 Å². The Morgan fingerprint density at radius 2 is 1.92 bits per heavy atom. The van der Waals surface area contributed by atoms with Crippen LogP contribution < -0.4 is 11.5 Å². The molecule has 5 N–H and O–H groups in total. The number of carboxylic acid groups (broad SMARTS) is 1. The number of nitrogens with two attached hydrogens (primary N) is 2. The summed E-state index contributed by atoms with van der Waals surface area (Å²) >= 11 is 0. The van der Waals surface area contributed by atoms with Crippen LogP contribution in [0.1, 0.15) is 24.8 Å². The Morgan fingerprint density at radius 3 is 2.69 bits per heavy atom. The average molecular weight is 354 g/mol. The molecule has 0 aliphatic carbocycles. The van der Waals surface area contributed by atoms with Gasteiger partial charge in [-0.1, -0.05) is 24.6 Å².